The van der Waals surface area contributed by atoms with Crippen LogP contribution in [0.1, 0.15) is 18.2 Å². The van der Waals surface area contributed by atoms with Gasteiger partial charge in [0.15, 0.2) is 0 Å². The molecule has 10 heavy (non-hydrogen) atoms. The molecular formula is C8H10IN. The van der Waals surface area contributed by atoms with Crippen molar-refractivity contribution in [3.63, 3.8) is 0 Å². The zero-order valence-corrected chi connectivity index (χ0v) is 8.13. The van der Waals surface area contributed by atoms with Crippen molar-refractivity contribution < 1.29 is 0 Å². The van der Waals surface area contributed by atoms with Crippen LogP contribution >= 0.6 is 22.6 Å². The smallest absolute Gasteiger partial charge is 0.0401 e. The maximum atomic E-state index is 4.26. The molecule has 0 amide bonds. The highest BCUT2D eigenvalue weighted by Gasteiger charge is 1.90. The topological polar surface area (TPSA) is 12.9 Å². The highest BCUT2D eigenvalue weighted by molar-refractivity contribution is 14.1. The fourth-order valence-electron chi connectivity index (χ4n) is 0.743. The molecule has 0 fully saturated rings. The summed E-state index contributed by atoms with van der Waals surface area (Å²) in [6.07, 6.45) is 2.98. The molecule has 1 nitrogen and oxygen atoms in total. The number of aromatic nitrogens is 1. The number of aryl methyl sites for hydroxylation is 1. The Labute approximate surface area is 75.0 Å². The van der Waals surface area contributed by atoms with Crippen LogP contribution in [0.4, 0.5) is 0 Å². The Balaban J connectivity index is 2.80. The van der Waals surface area contributed by atoms with Gasteiger partial charge in [-0.25, -0.2) is 0 Å². The van der Waals surface area contributed by atoms with Crippen molar-refractivity contribution in [3.8, 4) is 0 Å². The van der Waals surface area contributed by atoms with Gasteiger partial charge < -0.3 is 0 Å². The molecular weight excluding hydrogens is 237 g/mol. The summed E-state index contributed by atoms with van der Waals surface area (Å²) in [6.45, 7) is 2.12. The van der Waals surface area contributed by atoms with Crippen molar-refractivity contribution in [2.45, 2.75) is 17.8 Å². The predicted octanol–water partition coefficient (Wildman–Crippen LogP) is 2.58. The van der Waals surface area contributed by atoms with E-state index in [9.17, 15) is 0 Å². The highest BCUT2D eigenvalue weighted by atomic mass is 127. The number of hydrogen-bond acceptors (Lipinski definition) is 1. The molecule has 1 heterocycles. The third kappa shape index (κ3) is 1.94. The fraction of sp³-hybridized carbons (Fsp3) is 0.375. The molecule has 0 aliphatic carbocycles. The molecule has 0 spiro atoms. The van der Waals surface area contributed by atoms with Gasteiger partial charge in [-0.15, -0.1) is 0 Å². The quantitative estimate of drug-likeness (QED) is 0.578. The molecule has 54 valence electrons. The van der Waals surface area contributed by atoms with Crippen molar-refractivity contribution >= 4 is 22.6 Å². The summed E-state index contributed by atoms with van der Waals surface area (Å²) in [7, 11) is 0. The molecule has 0 unspecified atom stereocenters. The maximum Gasteiger partial charge on any atom is 0.0401 e. The third-order valence-corrected chi connectivity index (χ3v) is 2.28. The molecule has 0 bridgehead atoms. The number of nitrogens with zero attached hydrogens (tertiary/aromatic N) is 1. The molecule has 1 aromatic heterocycles. The summed E-state index contributed by atoms with van der Waals surface area (Å²) in [5.41, 5.74) is 2.48. The standard InChI is InChI=1S/C8H10IN/c1-2-8-4-3-7(5-9)6-10-8/h3-4,6H,2,5H2,1H3. The lowest BCUT2D eigenvalue weighted by molar-refractivity contribution is 1.03. The first-order valence-corrected chi connectivity index (χ1v) is 4.89. The molecule has 0 saturated heterocycles. The van der Waals surface area contributed by atoms with Crippen LogP contribution in [0.25, 0.3) is 0 Å². The van der Waals surface area contributed by atoms with E-state index < -0.39 is 0 Å². The van der Waals surface area contributed by atoms with Crippen LogP contribution in [-0.2, 0) is 10.8 Å². The maximum absolute atomic E-state index is 4.26. The Hall–Kier alpha value is -0.120. The average Bonchev–Trinajstić information content (AvgIpc) is 2.05. The van der Waals surface area contributed by atoms with Gasteiger partial charge in [0.1, 0.15) is 0 Å². The second-order valence-electron chi connectivity index (χ2n) is 2.14. The van der Waals surface area contributed by atoms with Gasteiger partial charge in [0.25, 0.3) is 0 Å². The van der Waals surface area contributed by atoms with Crippen LogP contribution in [0.5, 0.6) is 0 Å². The van der Waals surface area contributed by atoms with Crippen LogP contribution in [0.3, 0.4) is 0 Å². The fourth-order valence-corrected chi connectivity index (χ4v) is 1.19. The number of halogens is 1. The zero-order chi connectivity index (χ0) is 7.40. The Morgan fingerprint density at radius 2 is 2.30 bits per heavy atom. The van der Waals surface area contributed by atoms with Crippen molar-refractivity contribution in [1.82, 2.24) is 4.98 Å². The first-order valence-electron chi connectivity index (χ1n) is 3.36. The van der Waals surface area contributed by atoms with E-state index in [0.29, 0.717) is 0 Å². The number of hydrogen-bond donors (Lipinski definition) is 0. The van der Waals surface area contributed by atoms with E-state index in [1.165, 1.54) is 11.3 Å². The summed E-state index contributed by atoms with van der Waals surface area (Å²) in [6, 6.07) is 4.23. The van der Waals surface area contributed by atoms with Crippen molar-refractivity contribution in [2.24, 2.45) is 0 Å². The van der Waals surface area contributed by atoms with Gasteiger partial charge in [0, 0.05) is 16.3 Å². The van der Waals surface area contributed by atoms with Crippen molar-refractivity contribution in [1.29, 1.82) is 0 Å². The van der Waals surface area contributed by atoms with E-state index in [0.717, 1.165) is 10.8 Å². The van der Waals surface area contributed by atoms with Gasteiger partial charge in [-0.3, -0.25) is 4.98 Å². The van der Waals surface area contributed by atoms with E-state index in [2.05, 4.69) is 46.6 Å². The minimum atomic E-state index is 1.03. The largest absolute Gasteiger partial charge is 0.261 e. The molecule has 0 radical (unpaired) electrons. The van der Waals surface area contributed by atoms with Crippen molar-refractivity contribution in [2.75, 3.05) is 0 Å². The van der Waals surface area contributed by atoms with Crippen LogP contribution in [-0.4, -0.2) is 4.98 Å². The highest BCUT2D eigenvalue weighted by Crippen LogP contribution is 2.04. The Morgan fingerprint density at radius 3 is 2.70 bits per heavy atom. The third-order valence-electron chi connectivity index (χ3n) is 1.40. The Kier molecular flexibility index (Phi) is 3.12. The lowest BCUT2D eigenvalue weighted by atomic mass is 10.2. The first-order chi connectivity index (χ1) is 4.86. The molecule has 1 rings (SSSR count). The summed E-state index contributed by atoms with van der Waals surface area (Å²) in [5.74, 6) is 0. The number of alkyl halides is 1. The first kappa shape index (κ1) is 7.98. The minimum absolute atomic E-state index is 1.03. The van der Waals surface area contributed by atoms with Crippen LogP contribution in [0.2, 0.25) is 0 Å². The molecule has 0 aromatic carbocycles. The molecule has 1 aromatic rings. The lowest BCUT2D eigenvalue weighted by Gasteiger charge is -1.95. The summed E-state index contributed by atoms with van der Waals surface area (Å²) in [4.78, 5) is 4.26. The van der Waals surface area contributed by atoms with Crippen LogP contribution in [0.15, 0.2) is 18.3 Å². The van der Waals surface area contributed by atoms with Gasteiger partial charge in [-0.2, -0.15) is 0 Å². The van der Waals surface area contributed by atoms with Crippen LogP contribution in [0, 0.1) is 0 Å². The molecule has 0 saturated carbocycles. The monoisotopic (exact) mass is 247 g/mol. The normalized spacial score (nSPS) is 9.80. The van der Waals surface area contributed by atoms with E-state index in [1.807, 2.05) is 6.20 Å². The number of pyridine rings is 1. The predicted molar refractivity (Wildman–Crippen MR) is 51.3 cm³/mol. The minimum Gasteiger partial charge on any atom is -0.261 e. The molecule has 0 atom stereocenters. The molecule has 0 aliphatic rings. The summed E-state index contributed by atoms with van der Waals surface area (Å²) < 4.78 is 1.05. The number of rotatable bonds is 2. The van der Waals surface area contributed by atoms with E-state index in [-0.39, 0.29) is 0 Å². The molecule has 2 heteroatoms. The average molecular weight is 247 g/mol. The van der Waals surface area contributed by atoms with E-state index in [1.54, 1.807) is 0 Å². The van der Waals surface area contributed by atoms with Crippen LogP contribution < -0.4 is 0 Å². The second kappa shape index (κ2) is 3.91. The zero-order valence-electron chi connectivity index (χ0n) is 5.97. The Morgan fingerprint density at radius 1 is 1.50 bits per heavy atom. The van der Waals surface area contributed by atoms with Crippen molar-refractivity contribution in [3.05, 3.63) is 29.6 Å². The van der Waals surface area contributed by atoms with Gasteiger partial charge in [0.05, 0.1) is 0 Å². The van der Waals surface area contributed by atoms with Gasteiger partial charge in [0.2, 0.25) is 0 Å². The molecule has 0 aliphatic heterocycles. The van der Waals surface area contributed by atoms with Gasteiger partial charge in [-0.05, 0) is 18.1 Å². The lowest BCUT2D eigenvalue weighted by Crippen LogP contribution is -1.86. The second-order valence-corrected chi connectivity index (χ2v) is 2.91. The van der Waals surface area contributed by atoms with E-state index >= 15 is 0 Å². The van der Waals surface area contributed by atoms with Gasteiger partial charge >= 0.3 is 0 Å². The molecule has 0 N–H and O–H groups in total. The summed E-state index contributed by atoms with van der Waals surface area (Å²) in [5, 5.41) is 0. The summed E-state index contributed by atoms with van der Waals surface area (Å²) >= 11 is 2.34. The SMILES string of the molecule is CCc1ccc(CI)cn1. The Bertz CT molecular complexity index is 170. The van der Waals surface area contributed by atoms with E-state index in [4.69, 9.17) is 0 Å². The van der Waals surface area contributed by atoms with Gasteiger partial charge in [-0.1, -0.05) is 35.6 Å².